The molecule has 0 aliphatic carbocycles. The predicted octanol–water partition coefficient (Wildman–Crippen LogP) is 3.17. The Labute approximate surface area is 134 Å². The third-order valence-electron chi connectivity index (χ3n) is 3.35. The lowest BCUT2D eigenvalue weighted by atomic mass is 10.1. The van der Waals surface area contributed by atoms with Crippen LogP contribution < -0.4 is 5.32 Å². The third kappa shape index (κ3) is 4.92. The topological polar surface area (TPSA) is 55.4 Å². The Kier molecular flexibility index (Phi) is 5.46. The van der Waals surface area contributed by atoms with Gasteiger partial charge in [-0.05, 0) is 37.6 Å². The second kappa shape index (κ2) is 7.54. The number of halogens is 1. The molecule has 0 unspecified atom stereocenters. The van der Waals surface area contributed by atoms with Gasteiger partial charge >= 0.3 is 5.97 Å². The van der Waals surface area contributed by atoms with Crippen LogP contribution in [0.1, 0.15) is 34.5 Å². The second-order valence-corrected chi connectivity index (χ2v) is 5.29. The summed E-state index contributed by atoms with van der Waals surface area (Å²) < 4.78 is 17.9. The van der Waals surface area contributed by atoms with Crippen molar-refractivity contribution in [1.29, 1.82) is 0 Å². The van der Waals surface area contributed by atoms with E-state index in [9.17, 15) is 14.0 Å². The first kappa shape index (κ1) is 16.7. The molecule has 2 rings (SSSR count). The van der Waals surface area contributed by atoms with Crippen LogP contribution in [0.15, 0.2) is 48.5 Å². The van der Waals surface area contributed by atoms with Crippen molar-refractivity contribution in [2.45, 2.75) is 19.9 Å². The summed E-state index contributed by atoms with van der Waals surface area (Å²) in [5.74, 6) is -1.68. The van der Waals surface area contributed by atoms with Crippen LogP contribution in [0, 0.1) is 12.7 Å². The van der Waals surface area contributed by atoms with Gasteiger partial charge in [-0.2, -0.15) is 0 Å². The minimum atomic E-state index is -0.734. The van der Waals surface area contributed by atoms with E-state index < -0.39 is 24.3 Å². The maximum absolute atomic E-state index is 13.0. The zero-order chi connectivity index (χ0) is 16.8. The molecule has 4 nitrogen and oxygen atoms in total. The number of rotatable bonds is 5. The van der Waals surface area contributed by atoms with E-state index in [1.165, 1.54) is 18.2 Å². The SMILES string of the molecule is Cc1ccc([C@@H](C)NC(=O)COC(=O)c2cccc(F)c2)cc1. The quantitative estimate of drug-likeness (QED) is 0.862. The fourth-order valence-corrected chi connectivity index (χ4v) is 2.05. The highest BCUT2D eigenvalue weighted by molar-refractivity contribution is 5.91. The molecule has 2 aromatic carbocycles. The standard InChI is InChI=1S/C18H18FNO3/c1-12-6-8-14(9-7-12)13(2)20-17(21)11-23-18(22)15-4-3-5-16(19)10-15/h3-10,13H,11H2,1-2H3,(H,20,21)/t13-/m1/s1. The van der Waals surface area contributed by atoms with Crippen LogP contribution in [0.3, 0.4) is 0 Å². The van der Waals surface area contributed by atoms with Gasteiger partial charge in [-0.3, -0.25) is 4.79 Å². The van der Waals surface area contributed by atoms with Gasteiger partial charge in [0.1, 0.15) is 5.82 Å². The number of amides is 1. The molecular weight excluding hydrogens is 297 g/mol. The summed E-state index contributed by atoms with van der Waals surface area (Å²) in [6.07, 6.45) is 0. The second-order valence-electron chi connectivity index (χ2n) is 5.29. The van der Waals surface area contributed by atoms with Gasteiger partial charge in [0.15, 0.2) is 6.61 Å². The molecule has 0 saturated carbocycles. The van der Waals surface area contributed by atoms with Crippen molar-refractivity contribution < 1.29 is 18.7 Å². The van der Waals surface area contributed by atoms with E-state index >= 15 is 0 Å². The smallest absolute Gasteiger partial charge is 0.338 e. The Morgan fingerprint density at radius 3 is 2.52 bits per heavy atom. The summed E-state index contributed by atoms with van der Waals surface area (Å²) in [6.45, 7) is 3.42. The maximum Gasteiger partial charge on any atom is 0.338 e. The van der Waals surface area contributed by atoms with Crippen molar-refractivity contribution in [2.24, 2.45) is 0 Å². The Morgan fingerprint density at radius 2 is 1.87 bits per heavy atom. The van der Waals surface area contributed by atoms with Gasteiger partial charge in [-0.15, -0.1) is 0 Å². The lowest BCUT2D eigenvalue weighted by Gasteiger charge is -2.14. The molecule has 1 atom stereocenters. The van der Waals surface area contributed by atoms with Crippen LogP contribution in [-0.4, -0.2) is 18.5 Å². The average Bonchev–Trinajstić information content (AvgIpc) is 2.53. The molecule has 5 heteroatoms. The summed E-state index contributed by atoms with van der Waals surface area (Å²) in [6, 6.07) is 12.7. The Bertz CT molecular complexity index is 698. The van der Waals surface area contributed by atoms with E-state index in [0.717, 1.165) is 17.2 Å². The Balaban J connectivity index is 1.85. The number of carbonyl (C=O) groups is 2. The first-order valence-corrected chi connectivity index (χ1v) is 7.24. The fraction of sp³-hybridized carbons (Fsp3) is 0.222. The number of aryl methyl sites for hydroxylation is 1. The Hall–Kier alpha value is -2.69. The molecule has 1 N–H and O–H groups in total. The number of carbonyl (C=O) groups excluding carboxylic acids is 2. The van der Waals surface area contributed by atoms with Gasteiger partial charge in [-0.1, -0.05) is 35.9 Å². The van der Waals surface area contributed by atoms with Crippen molar-refractivity contribution in [3.8, 4) is 0 Å². The lowest BCUT2D eigenvalue weighted by molar-refractivity contribution is -0.124. The van der Waals surface area contributed by atoms with Crippen LogP contribution in [-0.2, 0) is 9.53 Å². The number of esters is 1. The summed E-state index contributed by atoms with van der Waals surface area (Å²) in [5, 5.41) is 2.74. The highest BCUT2D eigenvalue weighted by Crippen LogP contribution is 2.13. The van der Waals surface area contributed by atoms with Crippen LogP contribution in [0.4, 0.5) is 4.39 Å². The molecule has 0 heterocycles. The molecule has 120 valence electrons. The minimum absolute atomic E-state index is 0.0735. The van der Waals surface area contributed by atoms with E-state index in [4.69, 9.17) is 4.74 Å². The summed E-state index contributed by atoms with van der Waals surface area (Å²) in [4.78, 5) is 23.6. The van der Waals surface area contributed by atoms with Crippen LogP contribution >= 0.6 is 0 Å². The normalized spacial score (nSPS) is 11.6. The number of hydrogen-bond donors (Lipinski definition) is 1. The average molecular weight is 315 g/mol. The molecule has 0 bridgehead atoms. The van der Waals surface area contributed by atoms with Gasteiger partial charge < -0.3 is 10.1 Å². The molecule has 0 aliphatic heterocycles. The molecule has 2 aromatic rings. The van der Waals surface area contributed by atoms with Crippen LogP contribution in [0.5, 0.6) is 0 Å². The monoisotopic (exact) mass is 315 g/mol. The third-order valence-corrected chi connectivity index (χ3v) is 3.35. The largest absolute Gasteiger partial charge is 0.452 e. The van der Waals surface area contributed by atoms with E-state index in [0.29, 0.717) is 0 Å². The first-order chi connectivity index (χ1) is 11.0. The van der Waals surface area contributed by atoms with E-state index in [2.05, 4.69) is 5.32 Å². The molecule has 0 aromatic heterocycles. The Morgan fingerprint density at radius 1 is 1.17 bits per heavy atom. The molecule has 0 aliphatic rings. The molecule has 0 radical (unpaired) electrons. The van der Waals surface area contributed by atoms with Gasteiger partial charge in [0.2, 0.25) is 0 Å². The van der Waals surface area contributed by atoms with Crippen LogP contribution in [0.2, 0.25) is 0 Å². The minimum Gasteiger partial charge on any atom is -0.452 e. The molecule has 0 spiro atoms. The molecule has 0 fully saturated rings. The van der Waals surface area contributed by atoms with Crippen molar-refractivity contribution in [1.82, 2.24) is 5.32 Å². The molecule has 23 heavy (non-hydrogen) atoms. The van der Waals surface area contributed by atoms with Gasteiger partial charge in [0.25, 0.3) is 5.91 Å². The van der Waals surface area contributed by atoms with Crippen molar-refractivity contribution in [3.05, 3.63) is 71.0 Å². The maximum atomic E-state index is 13.0. The number of hydrogen-bond acceptors (Lipinski definition) is 3. The number of benzene rings is 2. The summed E-state index contributed by atoms with van der Waals surface area (Å²) >= 11 is 0. The molecule has 0 saturated heterocycles. The van der Waals surface area contributed by atoms with E-state index in [1.54, 1.807) is 0 Å². The van der Waals surface area contributed by atoms with E-state index in [-0.39, 0.29) is 11.6 Å². The summed E-state index contributed by atoms with van der Waals surface area (Å²) in [5.41, 5.74) is 2.17. The van der Waals surface area contributed by atoms with Crippen molar-refractivity contribution >= 4 is 11.9 Å². The molecule has 1 amide bonds. The fourth-order valence-electron chi connectivity index (χ4n) is 2.05. The van der Waals surface area contributed by atoms with Gasteiger partial charge in [-0.25, -0.2) is 9.18 Å². The van der Waals surface area contributed by atoms with Crippen LogP contribution in [0.25, 0.3) is 0 Å². The number of nitrogens with one attached hydrogen (secondary N) is 1. The van der Waals surface area contributed by atoms with Gasteiger partial charge in [0, 0.05) is 0 Å². The molecular formula is C18H18FNO3. The van der Waals surface area contributed by atoms with E-state index in [1.807, 2.05) is 38.1 Å². The zero-order valence-electron chi connectivity index (χ0n) is 13.0. The highest BCUT2D eigenvalue weighted by Gasteiger charge is 2.13. The summed E-state index contributed by atoms with van der Waals surface area (Å²) in [7, 11) is 0. The number of ether oxygens (including phenoxy) is 1. The predicted molar refractivity (Wildman–Crippen MR) is 84.4 cm³/mol. The van der Waals surface area contributed by atoms with Crippen molar-refractivity contribution in [3.63, 3.8) is 0 Å². The van der Waals surface area contributed by atoms with Crippen molar-refractivity contribution in [2.75, 3.05) is 6.61 Å². The van der Waals surface area contributed by atoms with Gasteiger partial charge in [0.05, 0.1) is 11.6 Å². The highest BCUT2D eigenvalue weighted by atomic mass is 19.1. The lowest BCUT2D eigenvalue weighted by Crippen LogP contribution is -2.31. The zero-order valence-corrected chi connectivity index (χ0v) is 13.0. The first-order valence-electron chi connectivity index (χ1n) is 7.24.